The molecular formula is C18H20ClN7O. The Morgan fingerprint density at radius 1 is 1.33 bits per heavy atom. The van der Waals surface area contributed by atoms with E-state index in [1.165, 1.54) is 6.20 Å². The van der Waals surface area contributed by atoms with E-state index in [4.69, 9.17) is 17.3 Å². The van der Waals surface area contributed by atoms with Crippen LogP contribution in [-0.4, -0.2) is 25.7 Å². The van der Waals surface area contributed by atoms with Crippen LogP contribution in [0, 0.1) is 6.92 Å². The van der Waals surface area contributed by atoms with Gasteiger partial charge in [-0.15, -0.1) is 0 Å². The highest BCUT2D eigenvalue weighted by Crippen LogP contribution is 2.20. The van der Waals surface area contributed by atoms with E-state index in [1.54, 1.807) is 10.9 Å². The molecule has 1 aromatic carbocycles. The quantitative estimate of drug-likeness (QED) is 0.576. The van der Waals surface area contributed by atoms with Crippen molar-refractivity contribution in [3.63, 3.8) is 0 Å². The summed E-state index contributed by atoms with van der Waals surface area (Å²) >= 11 is 5.99. The molecule has 1 amide bonds. The van der Waals surface area contributed by atoms with E-state index in [0.29, 0.717) is 23.3 Å². The normalized spacial score (nSPS) is 10.6. The van der Waals surface area contributed by atoms with Crippen LogP contribution in [0.4, 0.5) is 17.5 Å². The molecule has 9 heteroatoms. The summed E-state index contributed by atoms with van der Waals surface area (Å²) in [5, 5.41) is 11.1. The smallest absolute Gasteiger partial charge is 0.254 e. The van der Waals surface area contributed by atoms with Crippen LogP contribution in [0.25, 0.3) is 0 Å². The van der Waals surface area contributed by atoms with Gasteiger partial charge in [0.05, 0.1) is 17.4 Å². The van der Waals surface area contributed by atoms with E-state index in [2.05, 4.69) is 25.7 Å². The van der Waals surface area contributed by atoms with Gasteiger partial charge in [-0.05, 0) is 37.1 Å². The fourth-order valence-electron chi connectivity index (χ4n) is 2.52. The number of aryl methyl sites for hydroxylation is 2. The Morgan fingerprint density at radius 3 is 2.81 bits per heavy atom. The SMILES string of the molecule is CCn1cc(Nc2ncc(C(N)=O)c(NCc3ccc(Cl)cc3C)n2)cn1. The van der Waals surface area contributed by atoms with E-state index < -0.39 is 5.91 Å². The average Bonchev–Trinajstić information content (AvgIpc) is 3.08. The van der Waals surface area contributed by atoms with Crippen LogP contribution < -0.4 is 16.4 Å². The van der Waals surface area contributed by atoms with E-state index in [0.717, 1.165) is 23.4 Å². The lowest BCUT2D eigenvalue weighted by molar-refractivity contribution is 0.100. The molecule has 0 atom stereocenters. The van der Waals surface area contributed by atoms with E-state index >= 15 is 0 Å². The van der Waals surface area contributed by atoms with Crippen LogP contribution >= 0.6 is 11.6 Å². The first kappa shape index (κ1) is 18.7. The van der Waals surface area contributed by atoms with Gasteiger partial charge in [0.15, 0.2) is 0 Å². The first-order valence-electron chi connectivity index (χ1n) is 8.41. The van der Waals surface area contributed by atoms with Crippen LogP contribution in [0.3, 0.4) is 0 Å². The molecule has 0 fully saturated rings. The number of nitrogens with one attached hydrogen (secondary N) is 2. The molecular weight excluding hydrogens is 366 g/mol. The number of carbonyl (C=O) groups excluding carboxylic acids is 1. The van der Waals surface area contributed by atoms with Gasteiger partial charge in [0, 0.05) is 30.5 Å². The van der Waals surface area contributed by atoms with Gasteiger partial charge in [0.1, 0.15) is 5.82 Å². The predicted molar refractivity (Wildman–Crippen MR) is 105 cm³/mol. The standard InChI is InChI=1S/C18H20ClN7O/c1-3-26-10-14(8-23-26)24-18-22-9-15(16(20)27)17(25-18)21-7-12-4-5-13(19)6-11(12)2/h4-6,8-10H,3,7H2,1-2H3,(H2,20,27)(H2,21,22,24,25). The second-order valence-corrected chi connectivity index (χ2v) is 6.39. The molecule has 8 nitrogen and oxygen atoms in total. The number of aromatic nitrogens is 4. The van der Waals surface area contributed by atoms with Crippen molar-refractivity contribution < 1.29 is 4.79 Å². The predicted octanol–water partition coefficient (Wildman–Crippen LogP) is 3.11. The highest BCUT2D eigenvalue weighted by Gasteiger charge is 2.13. The lowest BCUT2D eigenvalue weighted by atomic mass is 10.1. The number of hydrogen-bond donors (Lipinski definition) is 3. The molecule has 27 heavy (non-hydrogen) atoms. The molecule has 140 valence electrons. The number of nitrogens with two attached hydrogens (primary N) is 1. The summed E-state index contributed by atoms with van der Waals surface area (Å²) in [6.07, 6.45) is 4.92. The molecule has 0 saturated carbocycles. The Kier molecular flexibility index (Phi) is 5.56. The molecule has 3 rings (SSSR count). The summed E-state index contributed by atoms with van der Waals surface area (Å²) < 4.78 is 1.78. The molecule has 0 bridgehead atoms. The van der Waals surface area contributed by atoms with E-state index in [-0.39, 0.29) is 5.56 Å². The van der Waals surface area contributed by atoms with Gasteiger partial charge in [-0.3, -0.25) is 9.48 Å². The first-order chi connectivity index (χ1) is 13.0. The first-order valence-corrected chi connectivity index (χ1v) is 8.79. The Labute approximate surface area is 161 Å². The summed E-state index contributed by atoms with van der Waals surface area (Å²) in [6, 6.07) is 5.62. The summed E-state index contributed by atoms with van der Waals surface area (Å²) in [5.41, 5.74) is 8.49. The maximum atomic E-state index is 11.7. The van der Waals surface area contributed by atoms with Crippen molar-refractivity contribution in [2.45, 2.75) is 26.9 Å². The van der Waals surface area contributed by atoms with Crippen molar-refractivity contribution in [3.05, 3.63) is 58.5 Å². The zero-order chi connectivity index (χ0) is 19.4. The number of rotatable bonds is 7. The maximum absolute atomic E-state index is 11.7. The Balaban J connectivity index is 1.81. The van der Waals surface area contributed by atoms with Gasteiger partial charge in [0.25, 0.3) is 5.91 Å². The number of benzene rings is 1. The van der Waals surface area contributed by atoms with E-state index in [1.807, 2.05) is 38.2 Å². The van der Waals surface area contributed by atoms with Crippen molar-refractivity contribution >= 4 is 35.0 Å². The molecule has 0 spiro atoms. The number of amides is 1. The van der Waals surface area contributed by atoms with Gasteiger partial charge in [-0.25, -0.2) is 4.98 Å². The third-order valence-corrected chi connectivity index (χ3v) is 4.25. The summed E-state index contributed by atoms with van der Waals surface area (Å²) in [5.74, 6) is 0.0962. The van der Waals surface area contributed by atoms with Crippen molar-refractivity contribution in [2.75, 3.05) is 10.6 Å². The second-order valence-electron chi connectivity index (χ2n) is 5.95. The summed E-state index contributed by atoms with van der Waals surface area (Å²) in [7, 11) is 0. The zero-order valence-corrected chi connectivity index (χ0v) is 15.8. The fraction of sp³-hybridized carbons (Fsp3) is 0.222. The largest absolute Gasteiger partial charge is 0.365 e. The van der Waals surface area contributed by atoms with Crippen LogP contribution in [0.5, 0.6) is 0 Å². The molecule has 0 aliphatic rings. The molecule has 2 aromatic heterocycles. The maximum Gasteiger partial charge on any atom is 0.254 e. The highest BCUT2D eigenvalue weighted by molar-refractivity contribution is 6.30. The van der Waals surface area contributed by atoms with E-state index in [9.17, 15) is 4.79 Å². The Hall–Kier alpha value is -3.13. The van der Waals surface area contributed by atoms with Gasteiger partial charge < -0.3 is 16.4 Å². The second kappa shape index (κ2) is 8.05. The summed E-state index contributed by atoms with van der Waals surface area (Å²) in [4.78, 5) is 20.3. The molecule has 0 aliphatic carbocycles. The molecule has 0 unspecified atom stereocenters. The number of anilines is 3. The lowest BCUT2D eigenvalue weighted by Crippen LogP contribution is -2.17. The van der Waals surface area contributed by atoms with Crippen molar-refractivity contribution in [1.29, 1.82) is 0 Å². The molecule has 0 saturated heterocycles. The molecule has 2 heterocycles. The third kappa shape index (κ3) is 4.53. The Bertz CT molecular complexity index is 970. The van der Waals surface area contributed by atoms with Crippen molar-refractivity contribution in [3.8, 4) is 0 Å². The number of hydrogen-bond acceptors (Lipinski definition) is 6. The van der Waals surface area contributed by atoms with Crippen LogP contribution in [-0.2, 0) is 13.1 Å². The highest BCUT2D eigenvalue weighted by atomic mass is 35.5. The molecule has 0 radical (unpaired) electrons. The number of primary amides is 1. The van der Waals surface area contributed by atoms with Crippen LogP contribution in [0.2, 0.25) is 5.02 Å². The molecule has 0 aliphatic heterocycles. The Morgan fingerprint density at radius 2 is 2.15 bits per heavy atom. The number of halogens is 1. The zero-order valence-electron chi connectivity index (χ0n) is 15.0. The number of nitrogens with zero attached hydrogens (tertiary/aromatic N) is 4. The van der Waals surface area contributed by atoms with Gasteiger partial charge >= 0.3 is 0 Å². The molecule has 3 aromatic rings. The number of carbonyl (C=O) groups is 1. The van der Waals surface area contributed by atoms with Gasteiger partial charge in [-0.1, -0.05) is 17.7 Å². The van der Waals surface area contributed by atoms with Gasteiger partial charge in [-0.2, -0.15) is 10.1 Å². The van der Waals surface area contributed by atoms with Crippen LogP contribution in [0.1, 0.15) is 28.4 Å². The van der Waals surface area contributed by atoms with Gasteiger partial charge in [0.2, 0.25) is 5.95 Å². The van der Waals surface area contributed by atoms with Crippen molar-refractivity contribution in [1.82, 2.24) is 19.7 Å². The fourth-order valence-corrected chi connectivity index (χ4v) is 2.75. The van der Waals surface area contributed by atoms with Crippen molar-refractivity contribution in [2.24, 2.45) is 5.73 Å². The third-order valence-electron chi connectivity index (χ3n) is 4.02. The minimum Gasteiger partial charge on any atom is -0.365 e. The average molecular weight is 386 g/mol. The minimum absolute atomic E-state index is 0.219. The minimum atomic E-state index is -0.601. The van der Waals surface area contributed by atoms with Crippen LogP contribution in [0.15, 0.2) is 36.8 Å². The lowest BCUT2D eigenvalue weighted by Gasteiger charge is -2.12. The summed E-state index contributed by atoms with van der Waals surface area (Å²) in [6.45, 7) is 5.19. The topological polar surface area (TPSA) is 111 Å². The molecule has 4 N–H and O–H groups in total. The monoisotopic (exact) mass is 385 g/mol.